The van der Waals surface area contributed by atoms with Crippen LogP contribution in [0.5, 0.6) is 0 Å². The van der Waals surface area contributed by atoms with Crippen LogP contribution in [0, 0.1) is 6.92 Å². The van der Waals surface area contributed by atoms with Crippen LogP contribution in [0.1, 0.15) is 22.3 Å². The van der Waals surface area contributed by atoms with E-state index in [1.165, 1.54) is 0 Å². The van der Waals surface area contributed by atoms with Crippen LogP contribution in [-0.2, 0) is 4.74 Å². The van der Waals surface area contributed by atoms with E-state index in [1.807, 2.05) is 18.7 Å². The molecule has 1 aliphatic rings. The molecule has 7 heteroatoms. The van der Waals surface area contributed by atoms with Crippen molar-refractivity contribution in [3.63, 3.8) is 0 Å². The molecule has 0 aliphatic carbocycles. The van der Waals surface area contributed by atoms with Crippen molar-refractivity contribution < 1.29 is 14.3 Å². The molecule has 1 atom stereocenters. The molecule has 0 spiro atoms. The van der Waals surface area contributed by atoms with Gasteiger partial charge in [-0.2, -0.15) is 11.8 Å². The summed E-state index contributed by atoms with van der Waals surface area (Å²) in [5.74, 6) is 1.91. The average Bonchev–Trinajstić information content (AvgIpc) is 3.02. The SMILES string of the molecule is COCCNC(=O)c1ccc(NC(=O)N[C@H]2CCSC2)c(C)c1. The van der Waals surface area contributed by atoms with Gasteiger partial charge in [0.05, 0.1) is 6.61 Å². The molecule has 1 aliphatic heterocycles. The van der Waals surface area contributed by atoms with E-state index in [9.17, 15) is 9.59 Å². The molecule has 6 nitrogen and oxygen atoms in total. The number of carbonyl (C=O) groups excluding carboxylic acids is 2. The number of carbonyl (C=O) groups is 2. The van der Waals surface area contributed by atoms with Crippen LogP contribution >= 0.6 is 11.8 Å². The summed E-state index contributed by atoms with van der Waals surface area (Å²) in [5.41, 5.74) is 2.12. The Morgan fingerprint density at radius 2 is 2.22 bits per heavy atom. The topological polar surface area (TPSA) is 79.5 Å². The van der Waals surface area contributed by atoms with Crippen molar-refractivity contribution >= 4 is 29.4 Å². The molecule has 23 heavy (non-hydrogen) atoms. The molecule has 1 heterocycles. The van der Waals surface area contributed by atoms with Gasteiger partial charge in [0.2, 0.25) is 0 Å². The third-order valence-corrected chi connectivity index (χ3v) is 4.76. The van der Waals surface area contributed by atoms with Gasteiger partial charge >= 0.3 is 6.03 Å². The summed E-state index contributed by atoms with van der Waals surface area (Å²) in [4.78, 5) is 24.0. The van der Waals surface area contributed by atoms with Gasteiger partial charge in [0, 0.05) is 36.7 Å². The van der Waals surface area contributed by atoms with Crippen LogP contribution in [0.4, 0.5) is 10.5 Å². The number of rotatable bonds is 6. The standard InChI is InChI=1S/C16H23N3O3S/c1-11-9-12(15(20)17-6-7-22-2)3-4-14(11)19-16(21)18-13-5-8-23-10-13/h3-4,9,13H,5-8,10H2,1-2H3,(H,17,20)(H2,18,19,21)/t13-/m0/s1. The monoisotopic (exact) mass is 337 g/mol. The first-order chi connectivity index (χ1) is 11.1. The summed E-state index contributed by atoms with van der Waals surface area (Å²) in [7, 11) is 1.59. The molecule has 1 aromatic carbocycles. The Balaban J connectivity index is 1.90. The van der Waals surface area contributed by atoms with E-state index >= 15 is 0 Å². The highest BCUT2D eigenvalue weighted by Crippen LogP contribution is 2.19. The average molecular weight is 337 g/mol. The van der Waals surface area contributed by atoms with Gasteiger partial charge in [-0.1, -0.05) is 0 Å². The number of amides is 3. The van der Waals surface area contributed by atoms with Gasteiger partial charge in [-0.15, -0.1) is 0 Å². The third-order valence-electron chi connectivity index (χ3n) is 3.59. The number of aryl methyl sites for hydroxylation is 1. The number of anilines is 1. The normalized spacial score (nSPS) is 16.9. The molecule has 1 aromatic rings. The number of hydrogen-bond donors (Lipinski definition) is 3. The van der Waals surface area contributed by atoms with E-state index in [0.29, 0.717) is 24.4 Å². The predicted octanol–water partition coefficient (Wildman–Crippen LogP) is 2.00. The lowest BCUT2D eigenvalue weighted by Gasteiger charge is -2.14. The molecule has 0 radical (unpaired) electrons. The summed E-state index contributed by atoms with van der Waals surface area (Å²) in [6.07, 6.45) is 1.01. The molecule has 0 saturated carbocycles. The van der Waals surface area contributed by atoms with Crippen molar-refractivity contribution in [2.24, 2.45) is 0 Å². The molecule has 126 valence electrons. The largest absolute Gasteiger partial charge is 0.383 e. The maximum Gasteiger partial charge on any atom is 0.319 e. The summed E-state index contributed by atoms with van der Waals surface area (Å²) in [6, 6.07) is 5.27. The number of methoxy groups -OCH3 is 1. The Kier molecular flexibility index (Phi) is 6.73. The quantitative estimate of drug-likeness (QED) is 0.694. The highest BCUT2D eigenvalue weighted by atomic mass is 32.2. The molecule has 0 bridgehead atoms. The molecule has 3 amide bonds. The first-order valence-corrected chi connectivity index (χ1v) is 8.78. The lowest BCUT2D eigenvalue weighted by atomic mass is 10.1. The maximum absolute atomic E-state index is 12.0. The van der Waals surface area contributed by atoms with Crippen LogP contribution < -0.4 is 16.0 Å². The van der Waals surface area contributed by atoms with E-state index in [2.05, 4.69) is 16.0 Å². The zero-order chi connectivity index (χ0) is 16.7. The predicted molar refractivity (Wildman–Crippen MR) is 93.3 cm³/mol. The number of ether oxygens (including phenoxy) is 1. The molecular weight excluding hydrogens is 314 g/mol. The lowest BCUT2D eigenvalue weighted by molar-refractivity contribution is 0.0937. The fraction of sp³-hybridized carbons (Fsp3) is 0.500. The van der Waals surface area contributed by atoms with Gasteiger partial charge < -0.3 is 20.7 Å². The van der Waals surface area contributed by atoms with Crippen molar-refractivity contribution in [3.8, 4) is 0 Å². The van der Waals surface area contributed by atoms with Gasteiger partial charge in [-0.3, -0.25) is 4.79 Å². The Morgan fingerprint density at radius 1 is 1.39 bits per heavy atom. The highest BCUT2D eigenvalue weighted by molar-refractivity contribution is 7.99. The third kappa shape index (κ3) is 5.44. The summed E-state index contributed by atoms with van der Waals surface area (Å²) >= 11 is 1.85. The molecule has 1 saturated heterocycles. The second kappa shape index (κ2) is 8.79. The van der Waals surface area contributed by atoms with Crippen molar-refractivity contribution in [1.29, 1.82) is 0 Å². The van der Waals surface area contributed by atoms with Crippen LogP contribution in [0.25, 0.3) is 0 Å². The van der Waals surface area contributed by atoms with E-state index in [-0.39, 0.29) is 18.0 Å². The van der Waals surface area contributed by atoms with E-state index in [1.54, 1.807) is 25.3 Å². The minimum atomic E-state index is -0.196. The highest BCUT2D eigenvalue weighted by Gasteiger charge is 2.18. The molecule has 0 unspecified atom stereocenters. The number of thioether (sulfide) groups is 1. The Labute approximate surface area is 140 Å². The fourth-order valence-corrected chi connectivity index (χ4v) is 3.46. The van der Waals surface area contributed by atoms with E-state index in [4.69, 9.17) is 4.74 Å². The number of nitrogens with one attached hydrogen (secondary N) is 3. The minimum Gasteiger partial charge on any atom is -0.383 e. The maximum atomic E-state index is 12.0. The van der Waals surface area contributed by atoms with E-state index < -0.39 is 0 Å². The smallest absolute Gasteiger partial charge is 0.319 e. The second-order valence-corrected chi connectivity index (χ2v) is 6.59. The Bertz CT molecular complexity index is 560. The van der Waals surface area contributed by atoms with Crippen molar-refractivity contribution in [1.82, 2.24) is 10.6 Å². The minimum absolute atomic E-state index is 0.149. The summed E-state index contributed by atoms with van der Waals surface area (Å²) < 4.78 is 4.90. The fourth-order valence-electron chi connectivity index (χ4n) is 2.31. The first-order valence-electron chi connectivity index (χ1n) is 7.63. The summed E-state index contributed by atoms with van der Waals surface area (Å²) in [6.45, 7) is 2.81. The number of benzene rings is 1. The zero-order valence-corrected chi connectivity index (χ0v) is 14.3. The zero-order valence-electron chi connectivity index (χ0n) is 13.5. The molecule has 1 fully saturated rings. The van der Waals surface area contributed by atoms with Crippen molar-refractivity contribution in [2.75, 3.05) is 37.1 Å². The number of hydrogen-bond acceptors (Lipinski definition) is 4. The van der Waals surface area contributed by atoms with Gasteiger partial charge in [-0.25, -0.2) is 4.79 Å². The first kappa shape index (κ1) is 17.6. The van der Waals surface area contributed by atoms with Gasteiger partial charge in [0.15, 0.2) is 0 Å². The van der Waals surface area contributed by atoms with Crippen molar-refractivity contribution in [3.05, 3.63) is 29.3 Å². The van der Waals surface area contributed by atoms with Crippen LogP contribution in [0.15, 0.2) is 18.2 Å². The molecular formula is C16H23N3O3S. The van der Waals surface area contributed by atoms with Crippen molar-refractivity contribution in [2.45, 2.75) is 19.4 Å². The Morgan fingerprint density at radius 3 is 2.87 bits per heavy atom. The lowest BCUT2D eigenvalue weighted by Crippen LogP contribution is -2.38. The van der Waals surface area contributed by atoms with Crippen LogP contribution in [0.3, 0.4) is 0 Å². The molecule has 2 rings (SSSR count). The van der Waals surface area contributed by atoms with Crippen LogP contribution in [0.2, 0.25) is 0 Å². The van der Waals surface area contributed by atoms with Crippen LogP contribution in [-0.4, -0.2) is 49.7 Å². The Hall–Kier alpha value is -1.73. The van der Waals surface area contributed by atoms with Gasteiger partial charge in [-0.05, 0) is 42.9 Å². The second-order valence-electron chi connectivity index (χ2n) is 5.44. The summed E-state index contributed by atoms with van der Waals surface area (Å²) in [5, 5.41) is 8.58. The molecule has 0 aromatic heterocycles. The van der Waals surface area contributed by atoms with Gasteiger partial charge in [0.1, 0.15) is 0 Å². The number of urea groups is 1. The molecule has 3 N–H and O–H groups in total. The van der Waals surface area contributed by atoms with Gasteiger partial charge in [0.25, 0.3) is 5.91 Å². The van der Waals surface area contributed by atoms with E-state index in [0.717, 1.165) is 23.5 Å².